The van der Waals surface area contributed by atoms with Crippen molar-refractivity contribution in [2.75, 3.05) is 11.1 Å². The second-order valence-electron chi connectivity index (χ2n) is 3.94. The molecule has 0 heterocycles. The fourth-order valence-electron chi connectivity index (χ4n) is 1.41. The molecule has 1 aromatic rings. The van der Waals surface area contributed by atoms with Crippen LogP contribution in [0.2, 0.25) is 0 Å². The van der Waals surface area contributed by atoms with E-state index in [0.29, 0.717) is 6.04 Å². The van der Waals surface area contributed by atoms with E-state index in [-0.39, 0.29) is 0 Å². The van der Waals surface area contributed by atoms with Crippen LogP contribution < -0.4 is 11.1 Å². The number of nitrogens with two attached hydrogens (primary N) is 1. The molecule has 1 aliphatic rings. The Morgan fingerprint density at radius 3 is 2.20 bits per heavy atom. The summed E-state index contributed by atoms with van der Waals surface area (Å²) in [6.07, 6.45) is 2.57. The minimum atomic E-state index is 0.671. The molecule has 0 radical (unpaired) electrons. The molecule has 2 nitrogen and oxygen atoms in total. The van der Waals surface area contributed by atoms with E-state index in [2.05, 4.69) is 25.2 Å². The maximum atomic E-state index is 5.90. The van der Waals surface area contributed by atoms with Gasteiger partial charge in [-0.15, -0.1) is 0 Å². The molecule has 0 amide bonds. The molecule has 84 valence electrons. The zero-order valence-corrected chi connectivity index (χ0v) is 10.2. The van der Waals surface area contributed by atoms with Crippen LogP contribution in [0.5, 0.6) is 0 Å². The quantitative estimate of drug-likeness (QED) is 0.727. The Hall–Kier alpha value is -1.18. The van der Waals surface area contributed by atoms with Crippen molar-refractivity contribution in [3.8, 4) is 0 Å². The summed E-state index contributed by atoms with van der Waals surface area (Å²) in [5.41, 5.74) is 10.4. The largest absolute Gasteiger partial charge is 0.397 e. The third kappa shape index (κ3) is 3.15. The van der Waals surface area contributed by atoms with Crippen LogP contribution in [0.15, 0.2) is 12.1 Å². The zero-order valence-electron chi connectivity index (χ0n) is 10.2. The molecule has 0 atom stereocenters. The highest BCUT2D eigenvalue weighted by atomic mass is 15.0. The topological polar surface area (TPSA) is 38.0 Å². The fourth-order valence-corrected chi connectivity index (χ4v) is 1.41. The Morgan fingerprint density at radius 2 is 1.67 bits per heavy atom. The summed E-state index contributed by atoms with van der Waals surface area (Å²) >= 11 is 0. The first-order valence-corrected chi connectivity index (χ1v) is 5.80. The van der Waals surface area contributed by atoms with E-state index in [1.807, 2.05) is 19.9 Å². The summed E-state index contributed by atoms with van der Waals surface area (Å²) in [6, 6.07) is 4.85. The predicted octanol–water partition coefficient (Wildman–Crippen LogP) is 3.49. The number of nitrogens with one attached hydrogen (secondary N) is 1. The molecule has 0 aliphatic heterocycles. The van der Waals surface area contributed by atoms with Crippen molar-refractivity contribution in [3.05, 3.63) is 23.3 Å². The van der Waals surface area contributed by atoms with Crippen LogP contribution >= 0.6 is 0 Å². The number of hydrogen-bond donors (Lipinski definition) is 2. The molecule has 1 saturated carbocycles. The number of nitrogen functional groups attached to an aromatic ring is 1. The molecule has 1 aromatic carbocycles. The molecule has 1 aliphatic carbocycles. The Labute approximate surface area is 92.9 Å². The molecule has 0 bridgehead atoms. The van der Waals surface area contributed by atoms with E-state index >= 15 is 0 Å². The summed E-state index contributed by atoms with van der Waals surface area (Å²) in [5.74, 6) is 0. The lowest BCUT2D eigenvalue weighted by Crippen LogP contribution is -2.04. The van der Waals surface area contributed by atoms with E-state index in [9.17, 15) is 0 Å². The predicted molar refractivity (Wildman–Crippen MR) is 68.3 cm³/mol. The standard InChI is InChI=1S/C11H16N2.C2H6/c1-7-5-10(12)11(6-8(7)2)13-9-3-4-9;1-2/h5-6,9,13H,3-4,12H2,1-2H3;1-2H3. The van der Waals surface area contributed by atoms with Crippen molar-refractivity contribution >= 4 is 11.4 Å². The Bertz CT molecular complexity index is 328. The Balaban J connectivity index is 0.000000531. The summed E-state index contributed by atoms with van der Waals surface area (Å²) in [5, 5.41) is 3.43. The van der Waals surface area contributed by atoms with Gasteiger partial charge in [0.15, 0.2) is 0 Å². The zero-order chi connectivity index (χ0) is 11.4. The van der Waals surface area contributed by atoms with Crippen molar-refractivity contribution in [1.29, 1.82) is 0 Å². The van der Waals surface area contributed by atoms with Crippen molar-refractivity contribution < 1.29 is 0 Å². The normalized spacial score (nSPS) is 14.1. The highest BCUT2D eigenvalue weighted by Crippen LogP contribution is 2.29. The molecule has 2 rings (SSSR count). The van der Waals surface area contributed by atoms with Gasteiger partial charge in [-0.05, 0) is 49.9 Å². The lowest BCUT2D eigenvalue weighted by Gasteiger charge is -2.10. The molecular formula is C13H22N2. The van der Waals surface area contributed by atoms with Crippen molar-refractivity contribution in [3.63, 3.8) is 0 Å². The van der Waals surface area contributed by atoms with Gasteiger partial charge in [0.1, 0.15) is 0 Å². The van der Waals surface area contributed by atoms with E-state index in [1.54, 1.807) is 0 Å². The average molecular weight is 206 g/mol. The van der Waals surface area contributed by atoms with Crippen molar-refractivity contribution in [2.24, 2.45) is 0 Å². The van der Waals surface area contributed by atoms with E-state index in [4.69, 9.17) is 5.73 Å². The van der Waals surface area contributed by atoms with Gasteiger partial charge in [-0.1, -0.05) is 13.8 Å². The number of aryl methyl sites for hydroxylation is 2. The van der Waals surface area contributed by atoms with Gasteiger partial charge >= 0.3 is 0 Å². The first-order chi connectivity index (χ1) is 7.16. The first-order valence-electron chi connectivity index (χ1n) is 5.80. The van der Waals surface area contributed by atoms with Crippen LogP contribution in [0.4, 0.5) is 11.4 Å². The Kier molecular flexibility index (Phi) is 4.01. The lowest BCUT2D eigenvalue weighted by atomic mass is 10.1. The van der Waals surface area contributed by atoms with Crippen LogP contribution in [0.25, 0.3) is 0 Å². The minimum Gasteiger partial charge on any atom is -0.397 e. The lowest BCUT2D eigenvalue weighted by molar-refractivity contribution is 1.15. The third-order valence-corrected chi connectivity index (χ3v) is 2.60. The van der Waals surface area contributed by atoms with Gasteiger partial charge in [-0.25, -0.2) is 0 Å². The summed E-state index contributed by atoms with van der Waals surface area (Å²) in [4.78, 5) is 0. The molecule has 15 heavy (non-hydrogen) atoms. The molecule has 0 aromatic heterocycles. The van der Waals surface area contributed by atoms with Gasteiger partial charge in [0.2, 0.25) is 0 Å². The van der Waals surface area contributed by atoms with Crippen LogP contribution in [0.1, 0.15) is 37.8 Å². The SMILES string of the molecule is CC.Cc1cc(N)c(NC2CC2)cc1C. The van der Waals surface area contributed by atoms with Crippen LogP contribution in [0, 0.1) is 13.8 Å². The Morgan fingerprint density at radius 1 is 1.13 bits per heavy atom. The highest BCUT2D eigenvalue weighted by Gasteiger charge is 2.21. The molecule has 3 N–H and O–H groups in total. The number of hydrogen-bond acceptors (Lipinski definition) is 2. The summed E-state index contributed by atoms with van der Waals surface area (Å²) in [6.45, 7) is 8.21. The maximum absolute atomic E-state index is 5.90. The number of benzene rings is 1. The monoisotopic (exact) mass is 206 g/mol. The van der Waals surface area contributed by atoms with Gasteiger partial charge in [0.05, 0.1) is 11.4 Å². The van der Waals surface area contributed by atoms with Gasteiger partial charge in [-0.3, -0.25) is 0 Å². The minimum absolute atomic E-state index is 0.671. The second-order valence-corrected chi connectivity index (χ2v) is 3.94. The molecule has 2 heteroatoms. The van der Waals surface area contributed by atoms with Crippen molar-refractivity contribution in [2.45, 2.75) is 46.6 Å². The van der Waals surface area contributed by atoms with Crippen molar-refractivity contribution in [1.82, 2.24) is 0 Å². The fraction of sp³-hybridized carbons (Fsp3) is 0.538. The maximum Gasteiger partial charge on any atom is 0.0578 e. The van der Waals surface area contributed by atoms with Gasteiger partial charge in [0.25, 0.3) is 0 Å². The molecule has 0 saturated heterocycles. The summed E-state index contributed by atoms with van der Waals surface area (Å²) < 4.78 is 0. The highest BCUT2D eigenvalue weighted by molar-refractivity contribution is 5.69. The van der Waals surface area contributed by atoms with Crippen LogP contribution in [-0.4, -0.2) is 6.04 Å². The van der Waals surface area contributed by atoms with E-state index in [1.165, 1.54) is 24.0 Å². The van der Waals surface area contributed by atoms with Gasteiger partial charge < -0.3 is 11.1 Å². The summed E-state index contributed by atoms with van der Waals surface area (Å²) in [7, 11) is 0. The van der Waals surface area contributed by atoms with Gasteiger partial charge in [0, 0.05) is 6.04 Å². The van der Waals surface area contributed by atoms with E-state index < -0.39 is 0 Å². The molecule has 0 unspecified atom stereocenters. The molecule has 0 spiro atoms. The molecule has 1 fully saturated rings. The second kappa shape index (κ2) is 5.06. The number of anilines is 2. The third-order valence-electron chi connectivity index (χ3n) is 2.60. The number of rotatable bonds is 2. The van der Waals surface area contributed by atoms with Crippen LogP contribution in [0.3, 0.4) is 0 Å². The smallest absolute Gasteiger partial charge is 0.0578 e. The van der Waals surface area contributed by atoms with Gasteiger partial charge in [-0.2, -0.15) is 0 Å². The van der Waals surface area contributed by atoms with Crippen LogP contribution in [-0.2, 0) is 0 Å². The first kappa shape index (κ1) is 11.9. The van der Waals surface area contributed by atoms with E-state index in [0.717, 1.165) is 11.4 Å². The average Bonchev–Trinajstić information content (AvgIpc) is 3.01. The molecular weight excluding hydrogens is 184 g/mol.